The minimum Gasteiger partial charge on any atom is -0.317 e. The van der Waals surface area contributed by atoms with E-state index in [1.807, 2.05) is 0 Å². The number of aromatic nitrogens is 2. The summed E-state index contributed by atoms with van der Waals surface area (Å²) < 4.78 is 2.20. The van der Waals surface area contributed by atoms with Crippen molar-refractivity contribution in [2.45, 2.75) is 38.6 Å². The molecule has 3 nitrogen and oxygen atoms in total. The highest BCUT2D eigenvalue weighted by atomic mass is 15.3. The van der Waals surface area contributed by atoms with E-state index in [9.17, 15) is 0 Å². The predicted molar refractivity (Wildman–Crippen MR) is 82.0 cm³/mol. The van der Waals surface area contributed by atoms with Gasteiger partial charge >= 0.3 is 0 Å². The van der Waals surface area contributed by atoms with Crippen LogP contribution in [0, 0.1) is 0 Å². The molecule has 3 heteroatoms. The van der Waals surface area contributed by atoms with Crippen LogP contribution in [0.25, 0.3) is 0 Å². The topological polar surface area (TPSA) is 29.9 Å². The Hall–Kier alpha value is -1.61. The zero-order valence-corrected chi connectivity index (χ0v) is 12.2. The van der Waals surface area contributed by atoms with E-state index in [-0.39, 0.29) is 0 Å². The number of aryl methyl sites for hydroxylation is 1. The molecule has 20 heavy (non-hydrogen) atoms. The van der Waals surface area contributed by atoms with Crippen molar-refractivity contribution in [1.82, 2.24) is 15.1 Å². The lowest BCUT2D eigenvalue weighted by Crippen LogP contribution is -2.27. The quantitative estimate of drug-likeness (QED) is 0.925. The smallest absolute Gasteiger partial charge is 0.0671 e. The molecule has 1 aromatic carbocycles. The maximum Gasteiger partial charge on any atom is 0.0671 e. The number of nitrogens with zero attached hydrogens (tertiary/aromatic N) is 2. The van der Waals surface area contributed by atoms with Gasteiger partial charge in [-0.15, -0.1) is 0 Å². The van der Waals surface area contributed by atoms with Gasteiger partial charge < -0.3 is 5.32 Å². The minimum absolute atomic E-state index is 0.674. The number of rotatable bonds is 4. The highest BCUT2D eigenvalue weighted by molar-refractivity contribution is 5.24. The fourth-order valence-electron chi connectivity index (χ4n) is 3.08. The highest BCUT2D eigenvalue weighted by Gasteiger charge is 2.20. The van der Waals surface area contributed by atoms with Crippen LogP contribution in [0.5, 0.6) is 0 Å². The normalized spacial score (nSPS) is 16.4. The van der Waals surface area contributed by atoms with Gasteiger partial charge in [-0.05, 0) is 44.5 Å². The molecule has 0 aliphatic carbocycles. The van der Waals surface area contributed by atoms with E-state index in [0.29, 0.717) is 5.92 Å². The van der Waals surface area contributed by atoms with E-state index in [1.165, 1.54) is 29.8 Å². The maximum absolute atomic E-state index is 4.80. The molecule has 3 rings (SSSR count). The number of hydrogen-bond donors (Lipinski definition) is 1. The third-order valence-electron chi connectivity index (χ3n) is 4.15. The molecule has 0 atom stereocenters. The van der Waals surface area contributed by atoms with E-state index < -0.39 is 0 Å². The van der Waals surface area contributed by atoms with Crippen molar-refractivity contribution in [3.05, 3.63) is 53.3 Å². The first-order valence-corrected chi connectivity index (χ1v) is 7.68. The van der Waals surface area contributed by atoms with Crippen LogP contribution in [0.3, 0.4) is 0 Å². The zero-order valence-electron chi connectivity index (χ0n) is 12.2. The van der Waals surface area contributed by atoms with Gasteiger partial charge in [-0.3, -0.25) is 4.68 Å². The second kappa shape index (κ2) is 6.23. The second-order valence-electron chi connectivity index (χ2n) is 5.56. The molecule has 0 spiro atoms. The lowest BCUT2D eigenvalue weighted by Gasteiger charge is -2.23. The molecular formula is C17H23N3. The van der Waals surface area contributed by atoms with Crippen LogP contribution in [0.2, 0.25) is 0 Å². The summed E-state index contributed by atoms with van der Waals surface area (Å²) in [5.41, 5.74) is 3.97. The highest BCUT2D eigenvalue weighted by Crippen LogP contribution is 2.26. The summed E-state index contributed by atoms with van der Waals surface area (Å²) in [5, 5.41) is 8.23. The molecule has 1 N–H and O–H groups in total. The number of nitrogens with one attached hydrogen (secondary N) is 1. The average Bonchev–Trinajstić information content (AvgIpc) is 2.92. The van der Waals surface area contributed by atoms with Gasteiger partial charge in [-0.2, -0.15) is 5.10 Å². The maximum atomic E-state index is 4.80. The Kier molecular flexibility index (Phi) is 4.16. The number of hydrogen-bond acceptors (Lipinski definition) is 2. The van der Waals surface area contributed by atoms with Gasteiger partial charge in [0.2, 0.25) is 0 Å². The third-order valence-corrected chi connectivity index (χ3v) is 4.15. The first-order chi connectivity index (χ1) is 9.86. The van der Waals surface area contributed by atoms with Crippen LogP contribution in [0.1, 0.15) is 42.6 Å². The molecule has 106 valence electrons. The molecule has 1 aromatic heterocycles. The van der Waals surface area contributed by atoms with Crippen molar-refractivity contribution in [3.63, 3.8) is 0 Å². The van der Waals surface area contributed by atoms with Gasteiger partial charge in [0.1, 0.15) is 0 Å². The Morgan fingerprint density at radius 1 is 1.20 bits per heavy atom. The Balaban J connectivity index is 1.81. The summed E-state index contributed by atoms with van der Waals surface area (Å²) in [6.45, 7) is 5.42. The summed E-state index contributed by atoms with van der Waals surface area (Å²) >= 11 is 0. The van der Waals surface area contributed by atoms with Crippen LogP contribution in [0.15, 0.2) is 36.4 Å². The van der Waals surface area contributed by atoms with Gasteiger partial charge in [0, 0.05) is 24.6 Å². The number of benzene rings is 1. The van der Waals surface area contributed by atoms with Gasteiger partial charge in [-0.25, -0.2) is 0 Å². The summed E-state index contributed by atoms with van der Waals surface area (Å²) in [4.78, 5) is 0. The lowest BCUT2D eigenvalue weighted by molar-refractivity contribution is 0.432. The first kappa shape index (κ1) is 13.4. The molecule has 0 radical (unpaired) electrons. The van der Waals surface area contributed by atoms with Crippen LogP contribution in [-0.4, -0.2) is 22.9 Å². The molecule has 0 unspecified atom stereocenters. The summed E-state index contributed by atoms with van der Waals surface area (Å²) in [5.74, 6) is 0.674. The summed E-state index contributed by atoms with van der Waals surface area (Å²) in [6.07, 6.45) is 3.40. The van der Waals surface area contributed by atoms with Crippen molar-refractivity contribution in [2.24, 2.45) is 0 Å². The van der Waals surface area contributed by atoms with Crippen molar-refractivity contribution in [1.29, 1.82) is 0 Å². The fourth-order valence-corrected chi connectivity index (χ4v) is 3.08. The molecule has 0 bridgehead atoms. The van der Waals surface area contributed by atoms with Gasteiger partial charge in [-0.1, -0.05) is 30.3 Å². The van der Waals surface area contributed by atoms with E-state index in [1.54, 1.807) is 0 Å². The van der Waals surface area contributed by atoms with Crippen molar-refractivity contribution >= 4 is 0 Å². The Labute approximate surface area is 121 Å². The monoisotopic (exact) mass is 269 g/mol. The minimum atomic E-state index is 0.674. The molecule has 2 aromatic rings. The lowest BCUT2D eigenvalue weighted by atomic mass is 9.94. The Morgan fingerprint density at radius 2 is 1.95 bits per heavy atom. The van der Waals surface area contributed by atoms with Crippen molar-refractivity contribution in [3.8, 4) is 0 Å². The standard InChI is InChI=1S/C17H23N3/c1-2-20-17(15-8-10-18-11-9-15)13-16(19-20)12-14-6-4-3-5-7-14/h3-7,13,15,18H,2,8-12H2,1H3. The van der Waals surface area contributed by atoms with Crippen molar-refractivity contribution in [2.75, 3.05) is 13.1 Å². The van der Waals surface area contributed by atoms with Gasteiger partial charge in [0.15, 0.2) is 0 Å². The largest absolute Gasteiger partial charge is 0.317 e. The van der Waals surface area contributed by atoms with Gasteiger partial charge in [0.25, 0.3) is 0 Å². The van der Waals surface area contributed by atoms with E-state index in [0.717, 1.165) is 26.1 Å². The molecule has 1 aliphatic rings. The predicted octanol–water partition coefficient (Wildman–Crippen LogP) is 2.96. The van der Waals surface area contributed by atoms with E-state index in [2.05, 4.69) is 53.3 Å². The molecular weight excluding hydrogens is 246 g/mol. The molecule has 1 saturated heterocycles. The summed E-state index contributed by atoms with van der Waals surface area (Å²) in [7, 11) is 0. The Bertz CT molecular complexity index is 539. The zero-order chi connectivity index (χ0) is 13.8. The van der Waals surface area contributed by atoms with E-state index in [4.69, 9.17) is 5.10 Å². The molecule has 0 amide bonds. The molecule has 2 heterocycles. The van der Waals surface area contributed by atoms with Crippen LogP contribution in [-0.2, 0) is 13.0 Å². The number of piperidine rings is 1. The van der Waals surface area contributed by atoms with Crippen LogP contribution >= 0.6 is 0 Å². The SMILES string of the molecule is CCn1nc(Cc2ccccc2)cc1C1CCNCC1. The first-order valence-electron chi connectivity index (χ1n) is 7.68. The fraction of sp³-hybridized carbons (Fsp3) is 0.471. The van der Waals surface area contributed by atoms with E-state index >= 15 is 0 Å². The molecule has 1 aliphatic heterocycles. The van der Waals surface area contributed by atoms with Gasteiger partial charge in [0.05, 0.1) is 5.69 Å². The van der Waals surface area contributed by atoms with Crippen LogP contribution < -0.4 is 5.32 Å². The third kappa shape index (κ3) is 2.93. The Morgan fingerprint density at radius 3 is 2.65 bits per heavy atom. The second-order valence-corrected chi connectivity index (χ2v) is 5.56. The molecule has 0 saturated carbocycles. The molecule has 1 fully saturated rings. The summed E-state index contributed by atoms with van der Waals surface area (Å²) in [6, 6.07) is 12.9. The van der Waals surface area contributed by atoms with Crippen molar-refractivity contribution < 1.29 is 0 Å². The average molecular weight is 269 g/mol. The van der Waals surface area contributed by atoms with Crippen LogP contribution in [0.4, 0.5) is 0 Å².